The smallest absolute Gasteiger partial charge is 0.330 e. The molecule has 2 rings (SSSR count). The van der Waals surface area contributed by atoms with Crippen molar-refractivity contribution in [1.82, 2.24) is 0 Å². The van der Waals surface area contributed by atoms with Crippen LogP contribution in [0, 0.1) is 29.6 Å². The lowest BCUT2D eigenvalue weighted by Crippen LogP contribution is -2.47. The van der Waals surface area contributed by atoms with Crippen LogP contribution in [0.2, 0.25) is 0 Å². The number of aliphatic carboxylic acids is 1. The molecule has 0 bridgehead atoms. The summed E-state index contributed by atoms with van der Waals surface area (Å²) < 4.78 is 11.0. The van der Waals surface area contributed by atoms with E-state index in [9.17, 15) is 29.7 Å². The zero-order valence-electron chi connectivity index (χ0n) is 26.2. The number of carboxylic acid groups (broad SMARTS) is 1. The number of carboxylic acids is 1. The van der Waals surface area contributed by atoms with Crippen LogP contribution >= 0.6 is 0 Å². The standard InChI is InChI=1S/C31H50O8.C2H6/c1-6-19(2)16-20(3)12-15-26(33)39-30-27(31(36)37)24(32)18-38-25(29(30)35)14-13-21(4)28(34)22(5)17-23-10-8-7-9-11-23;1-2/h12,15,19-20,22-23,25,27-30,34-35H,4,6-11,13-14,16-18H2,1-3,5H3,(H,36,37);1-2H3/b15-12+;/t19?,20?,22-,25?,27?,28-,29+,30+;/m1./s1. The van der Waals surface area contributed by atoms with Gasteiger partial charge in [0.2, 0.25) is 0 Å². The molecule has 0 amide bonds. The third-order valence-electron chi connectivity index (χ3n) is 8.52. The number of carbonyl (C=O) groups excluding carboxylic acids is 2. The fourth-order valence-electron chi connectivity index (χ4n) is 5.89. The topological polar surface area (TPSA) is 130 Å². The molecule has 0 aromatic heterocycles. The van der Waals surface area contributed by atoms with E-state index in [1.54, 1.807) is 6.08 Å². The van der Waals surface area contributed by atoms with Crippen LogP contribution in [0.15, 0.2) is 24.3 Å². The molecule has 1 aliphatic heterocycles. The van der Waals surface area contributed by atoms with Crippen LogP contribution < -0.4 is 0 Å². The zero-order chi connectivity index (χ0) is 31.1. The summed E-state index contributed by atoms with van der Waals surface area (Å²) in [6, 6.07) is 0. The number of carbonyl (C=O) groups is 3. The zero-order valence-corrected chi connectivity index (χ0v) is 26.2. The summed E-state index contributed by atoms with van der Waals surface area (Å²) in [5, 5.41) is 31.6. The van der Waals surface area contributed by atoms with E-state index in [0.29, 0.717) is 23.8 Å². The van der Waals surface area contributed by atoms with E-state index in [1.807, 2.05) is 27.7 Å². The number of hydrogen-bond donors (Lipinski definition) is 3. The summed E-state index contributed by atoms with van der Waals surface area (Å²) in [4.78, 5) is 37.1. The molecular formula is C33H56O8. The monoisotopic (exact) mass is 580 g/mol. The number of rotatable bonds is 14. The van der Waals surface area contributed by atoms with Gasteiger partial charge in [0, 0.05) is 6.08 Å². The van der Waals surface area contributed by atoms with Crippen molar-refractivity contribution >= 4 is 17.7 Å². The van der Waals surface area contributed by atoms with Gasteiger partial charge in [-0.3, -0.25) is 9.59 Å². The van der Waals surface area contributed by atoms with Crippen LogP contribution in [0.1, 0.15) is 106 Å². The van der Waals surface area contributed by atoms with Crippen molar-refractivity contribution in [2.75, 3.05) is 6.61 Å². The first-order valence-electron chi connectivity index (χ1n) is 15.7. The molecule has 3 N–H and O–H groups in total. The van der Waals surface area contributed by atoms with E-state index in [1.165, 1.54) is 38.2 Å². The maximum atomic E-state index is 12.6. The van der Waals surface area contributed by atoms with E-state index >= 15 is 0 Å². The van der Waals surface area contributed by atoms with Gasteiger partial charge >= 0.3 is 11.9 Å². The number of allylic oxidation sites excluding steroid dienone is 1. The summed E-state index contributed by atoms with van der Waals surface area (Å²) in [6.45, 7) is 15.8. The molecule has 41 heavy (non-hydrogen) atoms. The first kappa shape index (κ1) is 37.0. The molecular weight excluding hydrogens is 524 g/mol. The van der Waals surface area contributed by atoms with Gasteiger partial charge in [0.1, 0.15) is 12.7 Å². The Morgan fingerprint density at radius 3 is 2.37 bits per heavy atom. The van der Waals surface area contributed by atoms with Gasteiger partial charge in [-0.2, -0.15) is 0 Å². The number of aliphatic hydroxyl groups is 2. The quantitative estimate of drug-likeness (QED) is 0.100. The van der Waals surface area contributed by atoms with Gasteiger partial charge in [-0.1, -0.05) is 92.7 Å². The lowest BCUT2D eigenvalue weighted by Gasteiger charge is -2.30. The summed E-state index contributed by atoms with van der Waals surface area (Å²) in [5.41, 5.74) is 0.603. The number of esters is 1. The van der Waals surface area contributed by atoms with Gasteiger partial charge < -0.3 is 24.8 Å². The molecule has 0 spiro atoms. The molecule has 8 atom stereocenters. The fraction of sp³-hybridized carbons (Fsp3) is 0.788. The van der Waals surface area contributed by atoms with Gasteiger partial charge in [0.05, 0.1) is 12.2 Å². The summed E-state index contributed by atoms with van der Waals surface area (Å²) in [6.07, 6.45) is 7.62. The summed E-state index contributed by atoms with van der Waals surface area (Å²) >= 11 is 0. The van der Waals surface area contributed by atoms with Gasteiger partial charge in [-0.05, 0) is 54.9 Å². The van der Waals surface area contributed by atoms with E-state index in [0.717, 1.165) is 19.3 Å². The lowest BCUT2D eigenvalue weighted by atomic mass is 9.80. The van der Waals surface area contributed by atoms with Crippen molar-refractivity contribution in [3.05, 3.63) is 24.3 Å². The Morgan fingerprint density at radius 2 is 1.78 bits per heavy atom. The Balaban J connectivity index is 0.00000411. The van der Waals surface area contributed by atoms with Crippen molar-refractivity contribution in [2.24, 2.45) is 29.6 Å². The molecule has 1 saturated heterocycles. The van der Waals surface area contributed by atoms with Gasteiger partial charge in [0.25, 0.3) is 0 Å². The Bertz CT molecular complexity index is 846. The average Bonchev–Trinajstić information content (AvgIpc) is 3.07. The minimum Gasteiger partial charge on any atom is -0.481 e. The molecule has 4 unspecified atom stereocenters. The number of ketones is 1. The van der Waals surface area contributed by atoms with Crippen LogP contribution in [0.3, 0.4) is 0 Å². The lowest BCUT2D eigenvalue weighted by molar-refractivity contribution is -0.167. The van der Waals surface area contributed by atoms with Crippen LogP contribution in [0.4, 0.5) is 0 Å². The Labute approximate surface area is 247 Å². The third-order valence-corrected chi connectivity index (χ3v) is 8.52. The molecule has 2 fully saturated rings. The second kappa shape index (κ2) is 19.2. The highest BCUT2D eigenvalue weighted by Crippen LogP contribution is 2.32. The molecule has 0 aromatic rings. The minimum absolute atomic E-state index is 0.0433. The van der Waals surface area contributed by atoms with E-state index in [2.05, 4.69) is 20.4 Å². The number of hydrogen-bond acceptors (Lipinski definition) is 7. The van der Waals surface area contributed by atoms with E-state index < -0.39 is 54.7 Å². The van der Waals surface area contributed by atoms with Crippen LogP contribution in [0.5, 0.6) is 0 Å². The van der Waals surface area contributed by atoms with Gasteiger partial charge in [-0.25, -0.2) is 4.79 Å². The van der Waals surface area contributed by atoms with Crippen LogP contribution in [-0.4, -0.2) is 64.1 Å². The molecule has 0 radical (unpaired) electrons. The normalized spacial score (nSPS) is 26.7. The summed E-state index contributed by atoms with van der Waals surface area (Å²) in [5.74, 6) is -3.54. The third kappa shape index (κ3) is 12.4. The molecule has 8 heteroatoms. The van der Waals surface area contributed by atoms with Gasteiger partial charge in [0.15, 0.2) is 17.8 Å². The Hall–Kier alpha value is -2.03. The number of ether oxygens (including phenoxy) is 2. The van der Waals surface area contributed by atoms with Crippen LogP contribution in [0.25, 0.3) is 0 Å². The van der Waals surface area contributed by atoms with Crippen LogP contribution in [-0.2, 0) is 23.9 Å². The minimum atomic E-state index is -1.73. The van der Waals surface area contributed by atoms with Crippen molar-refractivity contribution in [3.63, 3.8) is 0 Å². The van der Waals surface area contributed by atoms with E-state index in [-0.39, 0.29) is 18.3 Å². The van der Waals surface area contributed by atoms with Crippen molar-refractivity contribution in [3.8, 4) is 0 Å². The maximum absolute atomic E-state index is 12.6. The Kier molecular flexibility index (Phi) is 17.3. The highest BCUT2D eigenvalue weighted by molar-refractivity contribution is 6.00. The fourth-order valence-corrected chi connectivity index (χ4v) is 5.89. The molecule has 8 nitrogen and oxygen atoms in total. The average molecular weight is 581 g/mol. The Morgan fingerprint density at radius 1 is 1.15 bits per heavy atom. The van der Waals surface area contributed by atoms with Gasteiger partial charge in [-0.15, -0.1) is 0 Å². The first-order chi connectivity index (χ1) is 19.4. The SMILES string of the molecule is C=C(CCC1OCC(=O)C(C(=O)O)[C@H](OC(=O)/C=C/C(C)CC(C)CC)[C@H]1O)[C@@H](O)[C@H](C)CC1CCCCC1.CC. The largest absolute Gasteiger partial charge is 0.481 e. The molecule has 1 aliphatic carbocycles. The predicted molar refractivity (Wildman–Crippen MR) is 160 cm³/mol. The van der Waals surface area contributed by atoms with Crippen molar-refractivity contribution < 1.29 is 39.2 Å². The number of aliphatic hydroxyl groups excluding tert-OH is 2. The number of Topliss-reactive ketones (excluding diaryl/α,β-unsaturated/α-hetero) is 1. The first-order valence-corrected chi connectivity index (χ1v) is 15.7. The summed E-state index contributed by atoms with van der Waals surface area (Å²) in [7, 11) is 0. The highest BCUT2D eigenvalue weighted by atomic mass is 16.6. The highest BCUT2D eigenvalue weighted by Gasteiger charge is 2.47. The van der Waals surface area contributed by atoms with E-state index in [4.69, 9.17) is 9.47 Å². The maximum Gasteiger partial charge on any atom is 0.330 e. The van der Waals surface area contributed by atoms with Crippen molar-refractivity contribution in [1.29, 1.82) is 0 Å². The van der Waals surface area contributed by atoms with Crippen molar-refractivity contribution in [2.45, 2.75) is 130 Å². The second-order valence-corrected chi connectivity index (χ2v) is 12.0. The molecule has 236 valence electrons. The molecule has 0 aromatic carbocycles. The second-order valence-electron chi connectivity index (χ2n) is 12.0. The molecule has 1 saturated carbocycles. The predicted octanol–water partition coefficient (Wildman–Crippen LogP) is 5.89. The molecule has 1 heterocycles. The molecule has 2 aliphatic rings.